The molecule has 18 heavy (non-hydrogen) atoms. The molecule has 0 heterocycles. The molecule has 4 atom stereocenters. The van der Waals surface area contributed by atoms with E-state index in [1.807, 2.05) is 13.8 Å². The van der Waals surface area contributed by atoms with E-state index in [1.165, 1.54) is 0 Å². The zero-order valence-corrected chi connectivity index (χ0v) is 11.1. The number of ketones is 1. The van der Waals surface area contributed by atoms with E-state index in [4.69, 9.17) is 0 Å². The number of hydrogen-bond acceptors (Lipinski definition) is 2. The van der Waals surface area contributed by atoms with Crippen LogP contribution in [0.15, 0.2) is 0 Å². The number of halogens is 3. The van der Waals surface area contributed by atoms with Crippen LogP contribution in [0.5, 0.6) is 0 Å². The number of hydrogen-bond donors (Lipinski definition) is 1. The minimum absolute atomic E-state index is 0.397. The van der Waals surface area contributed by atoms with Gasteiger partial charge in [-0.05, 0) is 31.1 Å². The fraction of sp³-hybridized carbons (Fsp3) is 0.923. The van der Waals surface area contributed by atoms with Crippen LogP contribution in [-0.2, 0) is 4.79 Å². The highest BCUT2D eigenvalue weighted by Crippen LogP contribution is 2.68. The van der Waals surface area contributed by atoms with Crippen molar-refractivity contribution in [2.75, 3.05) is 0 Å². The van der Waals surface area contributed by atoms with Gasteiger partial charge in [0, 0.05) is 5.41 Å². The van der Waals surface area contributed by atoms with Crippen molar-refractivity contribution in [3.05, 3.63) is 0 Å². The van der Waals surface area contributed by atoms with Crippen LogP contribution in [0, 0.1) is 22.7 Å². The van der Waals surface area contributed by atoms with E-state index in [2.05, 4.69) is 0 Å². The number of carbonyl (C=O) groups is 1. The topological polar surface area (TPSA) is 37.3 Å². The van der Waals surface area contributed by atoms with Crippen molar-refractivity contribution < 1.29 is 23.1 Å². The van der Waals surface area contributed by atoms with Crippen LogP contribution in [0.25, 0.3) is 0 Å². The third-order valence-corrected chi connectivity index (χ3v) is 5.71. The molecule has 0 saturated heterocycles. The van der Waals surface area contributed by atoms with E-state index in [0.717, 1.165) is 6.92 Å². The summed E-state index contributed by atoms with van der Waals surface area (Å²) >= 11 is 0. The summed E-state index contributed by atoms with van der Waals surface area (Å²) in [5.74, 6) is -2.15. The van der Waals surface area contributed by atoms with Gasteiger partial charge in [0.15, 0.2) is 5.60 Å². The highest BCUT2D eigenvalue weighted by atomic mass is 19.4. The maximum absolute atomic E-state index is 13.0. The summed E-state index contributed by atoms with van der Waals surface area (Å²) in [6.45, 7) is 6.15. The molecule has 0 amide bonds. The molecule has 0 aromatic heterocycles. The molecule has 4 unspecified atom stereocenters. The van der Waals surface area contributed by atoms with Gasteiger partial charge in [0.2, 0.25) is 0 Å². The second-order valence-electron chi connectivity index (χ2n) is 6.69. The number of rotatable bonds is 1. The maximum atomic E-state index is 13.0. The molecule has 2 aliphatic carbocycles. The Bertz CT molecular complexity index is 398. The van der Waals surface area contributed by atoms with Crippen molar-refractivity contribution in [1.29, 1.82) is 0 Å². The smallest absolute Gasteiger partial charge is 0.380 e. The molecule has 2 fully saturated rings. The van der Waals surface area contributed by atoms with E-state index in [9.17, 15) is 23.1 Å². The average molecular weight is 264 g/mol. The fourth-order valence-corrected chi connectivity index (χ4v) is 3.91. The summed E-state index contributed by atoms with van der Waals surface area (Å²) in [5, 5.41) is 9.84. The first-order valence-corrected chi connectivity index (χ1v) is 6.21. The third kappa shape index (κ3) is 1.31. The standard InChI is InChI=1S/C13H19F3O2/c1-10(2)7-5-6-11(10,3)9(17)8(7)12(4,18)13(14,15)16/h7-8,18H,5-6H2,1-4H3. The Morgan fingerprint density at radius 3 is 2.11 bits per heavy atom. The zero-order valence-electron chi connectivity index (χ0n) is 11.1. The molecular formula is C13H19F3O2. The minimum Gasteiger partial charge on any atom is -0.380 e. The summed E-state index contributed by atoms with van der Waals surface area (Å²) < 4.78 is 38.9. The lowest BCUT2D eigenvalue weighted by Crippen LogP contribution is -2.54. The monoisotopic (exact) mass is 264 g/mol. The molecule has 0 aromatic carbocycles. The van der Waals surface area contributed by atoms with Gasteiger partial charge in [-0.3, -0.25) is 4.79 Å². The molecule has 2 nitrogen and oxygen atoms in total. The molecule has 5 heteroatoms. The first-order chi connectivity index (χ1) is 7.87. The van der Waals surface area contributed by atoms with Crippen LogP contribution in [0.3, 0.4) is 0 Å². The van der Waals surface area contributed by atoms with Crippen LogP contribution >= 0.6 is 0 Å². The average Bonchev–Trinajstić information content (AvgIpc) is 2.47. The molecule has 2 saturated carbocycles. The van der Waals surface area contributed by atoms with E-state index >= 15 is 0 Å². The van der Waals surface area contributed by atoms with Gasteiger partial charge in [0.1, 0.15) is 5.78 Å². The summed E-state index contributed by atoms with van der Waals surface area (Å²) in [6.07, 6.45) is -3.58. The van der Waals surface area contributed by atoms with Crippen LogP contribution in [0.4, 0.5) is 13.2 Å². The van der Waals surface area contributed by atoms with Gasteiger partial charge in [-0.25, -0.2) is 0 Å². The summed E-state index contributed by atoms with van der Waals surface area (Å²) in [4.78, 5) is 12.3. The molecule has 0 spiro atoms. The number of alkyl halides is 3. The zero-order chi connectivity index (χ0) is 14.1. The van der Waals surface area contributed by atoms with E-state index in [-0.39, 0.29) is 0 Å². The van der Waals surface area contributed by atoms with Gasteiger partial charge >= 0.3 is 6.18 Å². The first-order valence-electron chi connectivity index (χ1n) is 6.21. The van der Waals surface area contributed by atoms with E-state index in [0.29, 0.717) is 12.8 Å². The largest absolute Gasteiger partial charge is 0.417 e. The SMILES string of the molecule is CC12CCC(C(C(C)(O)C(F)(F)F)C1=O)C2(C)C. The Morgan fingerprint density at radius 1 is 1.28 bits per heavy atom. The molecule has 2 rings (SSSR count). The Hall–Kier alpha value is -0.580. The van der Waals surface area contributed by atoms with E-state index in [1.54, 1.807) is 6.92 Å². The second-order valence-corrected chi connectivity index (χ2v) is 6.69. The molecule has 0 aromatic rings. The minimum atomic E-state index is -4.77. The van der Waals surface area contributed by atoms with Gasteiger partial charge in [0.25, 0.3) is 0 Å². The molecular weight excluding hydrogens is 245 g/mol. The summed E-state index contributed by atoms with van der Waals surface area (Å²) in [6, 6.07) is 0. The van der Waals surface area contributed by atoms with Crippen molar-refractivity contribution in [3.63, 3.8) is 0 Å². The Morgan fingerprint density at radius 2 is 1.78 bits per heavy atom. The lowest BCUT2D eigenvalue weighted by Gasteiger charge is -2.37. The highest BCUT2D eigenvalue weighted by Gasteiger charge is 2.73. The first kappa shape index (κ1) is 13.8. The normalized spacial score (nSPS) is 42.1. The second kappa shape index (κ2) is 3.30. The van der Waals surface area contributed by atoms with Crippen molar-refractivity contribution in [1.82, 2.24) is 0 Å². The summed E-state index contributed by atoms with van der Waals surface area (Å²) in [5.41, 5.74) is -4.15. The third-order valence-electron chi connectivity index (χ3n) is 5.71. The Labute approximate surface area is 105 Å². The predicted octanol–water partition coefficient (Wildman–Crippen LogP) is 2.94. The summed E-state index contributed by atoms with van der Waals surface area (Å²) in [7, 11) is 0. The number of carbonyl (C=O) groups excluding carboxylic acids is 1. The van der Waals surface area contributed by atoms with Crippen LogP contribution in [0.1, 0.15) is 40.5 Å². The van der Waals surface area contributed by atoms with Crippen molar-refractivity contribution in [2.24, 2.45) is 22.7 Å². The number of aliphatic hydroxyl groups is 1. The van der Waals surface area contributed by atoms with E-state index < -0.39 is 40.2 Å². The van der Waals surface area contributed by atoms with Crippen molar-refractivity contribution in [3.8, 4) is 0 Å². The van der Waals surface area contributed by atoms with Crippen LogP contribution in [-0.4, -0.2) is 22.7 Å². The molecule has 0 aliphatic heterocycles. The highest BCUT2D eigenvalue weighted by molar-refractivity contribution is 5.92. The fourth-order valence-electron chi connectivity index (χ4n) is 3.91. The van der Waals surface area contributed by atoms with Crippen molar-refractivity contribution in [2.45, 2.75) is 52.3 Å². The van der Waals surface area contributed by atoms with Gasteiger partial charge in [-0.2, -0.15) is 13.2 Å². The van der Waals surface area contributed by atoms with Crippen molar-refractivity contribution >= 4 is 5.78 Å². The molecule has 0 radical (unpaired) electrons. The Kier molecular flexibility index (Phi) is 2.53. The van der Waals surface area contributed by atoms with Gasteiger partial charge < -0.3 is 5.11 Å². The van der Waals surface area contributed by atoms with Gasteiger partial charge in [-0.1, -0.05) is 20.8 Å². The molecule has 2 aliphatic rings. The Balaban J connectivity index is 2.49. The van der Waals surface area contributed by atoms with Crippen LogP contribution in [0.2, 0.25) is 0 Å². The molecule has 104 valence electrons. The molecule has 2 bridgehead atoms. The van der Waals surface area contributed by atoms with Gasteiger partial charge in [0.05, 0.1) is 5.92 Å². The van der Waals surface area contributed by atoms with Crippen LogP contribution < -0.4 is 0 Å². The molecule has 1 N–H and O–H groups in total. The van der Waals surface area contributed by atoms with Gasteiger partial charge in [-0.15, -0.1) is 0 Å². The quantitative estimate of drug-likeness (QED) is 0.790. The number of Topliss-reactive ketones (excluding diaryl/α,β-unsaturated/α-hetero) is 1. The lowest BCUT2D eigenvalue weighted by molar-refractivity contribution is -0.274. The lowest BCUT2D eigenvalue weighted by atomic mass is 9.70. The maximum Gasteiger partial charge on any atom is 0.417 e. The number of fused-ring (bicyclic) bond motifs is 2. The predicted molar refractivity (Wildman–Crippen MR) is 59.8 cm³/mol.